The molecule has 0 spiro atoms. The maximum atomic E-state index is 11.8. The third-order valence-corrected chi connectivity index (χ3v) is 2.83. The molecule has 6 nitrogen and oxygen atoms in total. The summed E-state index contributed by atoms with van der Waals surface area (Å²) in [4.78, 5) is 15.8. The second-order valence-corrected chi connectivity index (χ2v) is 5.98. The smallest absolute Gasteiger partial charge is 0.306 e. The molecule has 1 aromatic heterocycles. The first-order valence-corrected chi connectivity index (χ1v) is 7.21. The molecule has 1 rings (SSSR count). The van der Waals surface area contributed by atoms with Crippen LogP contribution in [-0.2, 0) is 9.53 Å². The molecule has 0 aromatic carbocycles. The maximum Gasteiger partial charge on any atom is 0.306 e. The molecule has 1 heterocycles. The Morgan fingerprint density at radius 2 is 2.14 bits per heavy atom. The van der Waals surface area contributed by atoms with Gasteiger partial charge in [0.25, 0.3) is 0 Å². The lowest BCUT2D eigenvalue weighted by Crippen LogP contribution is -2.27. The molecule has 0 aliphatic heterocycles. The van der Waals surface area contributed by atoms with Crippen molar-refractivity contribution in [3.05, 3.63) is 18.3 Å². The van der Waals surface area contributed by atoms with Crippen LogP contribution in [0.5, 0.6) is 0 Å². The molecule has 0 saturated heterocycles. The van der Waals surface area contributed by atoms with E-state index >= 15 is 0 Å². The fourth-order valence-electron chi connectivity index (χ4n) is 1.93. The zero-order valence-corrected chi connectivity index (χ0v) is 13.1. The van der Waals surface area contributed by atoms with Crippen molar-refractivity contribution in [3.63, 3.8) is 0 Å². The number of hydrogen-bond acceptors (Lipinski definition) is 6. The Bertz CT molecular complexity index is 457. The Morgan fingerprint density at radius 3 is 2.71 bits per heavy atom. The molecule has 6 heteroatoms. The lowest BCUT2D eigenvalue weighted by molar-refractivity contribution is -0.154. The lowest BCUT2D eigenvalue weighted by Gasteiger charge is -2.22. The van der Waals surface area contributed by atoms with Gasteiger partial charge in [0.1, 0.15) is 11.4 Å². The second kappa shape index (κ2) is 7.83. The van der Waals surface area contributed by atoms with Crippen LogP contribution in [0.3, 0.4) is 0 Å². The van der Waals surface area contributed by atoms with Gasteiger partial charge < -0.3 is 21.5 Å². The average Bonchev–Trinajstić information content (AvgIpc) is 2.37. The highest BCUT2D eigenvalue weighted by atomic mass is 16.6. The summed E-state index contributed by atoms with van der Waals surface area (Å²) in [6, 6.07) is 3.74. The molecule has 1 unspecified atom stereocenters. The summed E-state index contributed by atoms with van der Waals surface area (Å²) >= 11 is 0. The van der Waals surface area contributed by atoms with Gasteiger partial charge >= 0.3 is 5.97 Å². The van der Waals surface area contributed by atoms with E-state index in [1.807, 2.05) is 32.9 Å². The van der Waals surface area contributed by atoms with Crippen molar-refractivity contribution < 1.29 is 9.53 Å². The van der Waals surface area contributed by atoms with E-state index in [0.29, 0.717) is 25.2 Å². The molecule has 0 fully saturated rings. The number of carbonyl (C=O) groups excluding carboxylic acids is 1. The number of nitrogens with one attached hydrogen (secondary N) is 1. The molecule has 0 amide bonds. The predicted molar refractivity (Wildman–Crippen MR) is 84.8 cm³/mol. The van der Waals surface area contributed by atoms with Crippen LogP contribution in [0, 0.1) is 0 Å². The molecule has 0 bridgehead atoms. The van der Waals surface area contributed by atoms with Crippen LogP contribution in [0.4, 0.5) is 11.5 Å². The van der Waals surface area contributed by atoms with E-state index in [1.165, 1.54) is 0 Å². The minimum atomic E-state index is -0.457. The van der Waals surface area contributed by atoms with Gasteiger partial charge in [0.15, 0.2) is 0 Å². The van der Waals surface area contributed by atoms with Crippen LogP contribution in [0.25, 0.3) is 0 Å². The van der Waals surface area contributed by atoms with Gasteiger partial charge in [0.05, 0.1) is 5.69 Å². The summed E-state index contributed by atoms with van der Waals surface area (Å²) in [7, 11) is 0. The number of rotatable bonds is 7. The summed E-state index contributed by atoms with van der Waals surface area (Å²) in [6.45, 7) is 6.11. The van der Waals surface area contributed by atoms with Crippen LogP contribution in [0.2, 0.25) is 0 Å². The predicted octanol–water partition coefficient (Wildman–Crippen LogP) is 1.91. The molecule has 0 saturated carbocycles. The number of pyridine rings is 1. The summed E-state index contributed by atoms with van der Waals surface area (Å²) in [5.41, 5.74) is 11.7. The van der Waals surface area contributed by atoms with Gasteiger partial charge in [-0.15, -0.1) is 0 Å². The Labute approximate surface area is 126 Å². The summed E-state index contributed by atoms with van der Waals surface area (Å²) in [5.74, 6) is 0.238. The molecule has 118 valence electrons. The van der Waals surface area contributed by atoms with Gasteiger partial charge in [-0.05, 0) is 52.3 Å². The van der Waals surface area contributed by atoms with Gasteiger partial charge in [-0.3, -0.25) is 4.79 Å². The quantitative estimate of drug-likeness (QED) is 0.664. The van der Waals surface area contributed by atoms with Gasteiger partial charge in [0, 0.05) is 18.7 Å². The summed E-state index contributed by atoms with van der Waals surface area (Å²) in [5, 5.41) is 3.29. The van der Waals surface area contributed by atoms with Crippen molar-refractivity contribution in [1.82, 2.24) is 4.98 Å². The first-order valence-electron chi connectivity index (χ1n) is 7.21. The SMILES string of the molecule is CC(C)(C)OC(=O)CCC(CCN)Nc1cccnc1N. The number of hydrogen-bond donors (Lipinski definition) is 3. The van der Waals surface area contributed by atoms with Gasteiger partial charge in [-0.25, -0.2) is 4.98 Å². The number of aromatic nitrogens is 1. The van der Waals surface area contributed by atoms with Crippen molar-refractivity contribution in [2.75, 3.05) is 17.6 Å². The highest BCUT2D eigenvalue weighted by Gasteiger charge is 2.18. The Kier molecular flexibility index (Phi) is 6.42. The summed E-state index contributed by atoms with van der Waals surface area (Å²) < 4.78 is 5.31. The number of carbonyl (C=O) groups is 1. The minimum Gasteiger partial charge on any atom is -0.460 e. The van der Waals surface area contributed by atoms with Crippen LogP contribution >= 0.6 is 0 Å². The van der Waals surface area contributed by atoms with E-state index < -0.39 is 5.60 Å². The number of ether oxygens (including phenoxy) is 1. The second-order valence-electron chi connectivity index (χ2n) is 5.98. The minimum absolute atomic E-state index is 0.0639. The van der Waals surface area contributed by atoms with Gasteiger partial charge in [-0.1, -0.05) is 0 Å². The molecule has 21 heavy (non-hydrogen) atoms. The van der Waals surface area contributed by atoms with Crippen molar-refractivity contribution >= 4 is 17.5 Å². The largest absolute Gasteiger partial charge is 0.460 e. The Hall–Kier alpha value is -1.82. The van der Waals surface area contributed by atoms with Crippen LogP contribution in [-0.4, -0.2) is 29.1 Å². The highest BCUT2D eigenvalue weighted by Crippen LogP contribution is 2.18. The van der Waals surface area contributed by atoms with Gasteiger partial charge in [0.2, 0.25) is 0 Å². The monoisotopic (exact) mass is 294 g/mol. The third-order valence-electron chi connectivity index (χ3n) is 2.83. The Balaban J connectivity index is 2.54. The van der Waals surface area contributed by atoms with E-state index in [1.54, 1.807) is 6.20 Å². The fourth-order valence-corrected chi connectivity index (χ4v) is 1.93. The number of anilines is 2. The molecule has 1 aromatic rings. The summed E-state index contributed by atoms with van der Waals surface area (Å²) in [6.07, 6.45) is 3.37. The number of nitrogen functional groups attached to an aromatic ring is 1. The topological polar surface area (TPSA) is 103 Å². The fraction of sp³-hybridized carbons (Fsp3) is 0.600. The molecule has 0 aliphatic carbocycles. The zero-order chi connectivity index (χ0) is 15.9. The van der Waals surface area contributed by atoms with Crippen molar-refractivity contribution in [1.29, 1.82) is 0 Å². The average molecular weight is 294 g/mol. The van der Waals surface area contributed by atoms with E-state index in [0.717, 1.165) is 12.1 Å². The van der Waals surface area contributed by atoms with Crippen LogP contribution in [0.1, 0.15) is 40.0 Å². The molecule has 5 N–H and O–H groups in total. The van der Waals surface area contributed by atoms with E-state index in [-0.39, 0.29) is 12.0 Å². The van der Waals surface area contributed by atoms with Crippen molar-refractivity contribution in [2.45, 2.75) is 51.7 Å². The number of esters is 1. The first kappa shape index (κ1) is 17.2. The molecular weight excluding hydrogens is 268 g/mol. The van der Waals surface area contributed by atoms with Gasteiger partial charge in [-0.2, -0.15) is 0 Å². The normalized spacial score (nSPS) is 12.8. The zero-order valence-electron chi connectivity index (χ0n) is 13.1. The number of nitrogens with zero attached hydrogens (tertiary/aromatic N) is 1. The lowest BCUT2D eigenvalue weighted by atomic mass is 10.1. The Morgan fingerprint density at radius 1 is 1.43 bits per heavy atom. The highest BCUT2D eigenvalue weighted by molar-refractivity contribution is 5.70. The molecular formula is C15H26N4O2. The molecule has 1 atom stereocenters. The molecule has 0 aliphatic rings. The standard InChI is InChI=1S/C15H26N4O2/c1-15(2,3)21-13(20)7-6-11(8-9-16)19-12-5-4-10-18-14(12)17/h4-5,10-11,19H,6-9,16H2,1-3H3,(H2,17,18). The third kappa shape index (κ3) is 6.94. The van der Waals surface area contributed by atoms with Crippen LogP contribution in [0.15, 0.2) is 18.3 Å². The van der Waals surface area contributed by atoms with E-state index in [4.69, 9.17) is 16.2 Å². The van der Waals surface area contributed by atoms with E-state index in [2.05, 4.69) is 10.3 Å². The first-order chi connectivity index (χ1) is 9.81. The van der Waals surface area contributed by atoms with E-state index in [9.17, 15) is 4.79 Å². The van der Waals surface area contributed by atoms with Crippen molar-refractivity contribution in [2.24, 2.45) is 5.73 Å². The maximum absolute atomic E-state index is 11.8. The number of nitrogens with two attached hydrogens (primary N) is 2. The molecule has 0 radical (unpaired) electrons. The van der Waals surface area contributed by atoms with Crippen LogP contribution < -0.4 is 16.8 Å². The van der Waals surface area contributed by atoms with Crippen molar-refractivity contribution in [3.8, 4) is 0 Å².